The number of aromatic nitrogens is 4. The van der Waals surface area contributed by atoms with Crippen LogP contribution in [0.15, 0.2) is 36.7 Å². The van der Waals surface area contributed by atoms with E-state index in [1.54, 1.807) is 30.6 Å². The Morgan fingerprint density at radius 2 is 2.03 bits per heavy atom. The van der Waals surface area contributed by atoms with Crippen molar-refractivity contribution < 1.29 is 22.8 Å². The highest BCUT2D eigenvalue weighted by molar-refractivity contribution is 6.05. The number of urea groups is 1. The Labute approximate surface area is 203 Å². The first-order valence-electron chi connectivity index (χ1n) is 11.3. The molecule has 0 spiro atoms. The van der Waals surface area contributed by atoms with Gasteiger partial charge in [-0.15, -0.1) is 0 Å². The molecular weight excluding hydrogens is 477 g/mol. The van der Waals surface area contributed by atoms with Gasteiger partial charge >= 0.3 is 12.2 Å². The maximum atomic E-state index is 13.4. The Bertz CT molecular complexity index is 1320. The molecule has 13 heteroatoms. The van der Waals surface area contributed by atoms with Crippen LogP contribution in [0.3, 0.4) is 0 Å². The molecule has 3 aromatic heterocycles. The van der Waals surface area contributed by atoms with Crippen LogP contribution in [0.2, 0.25) is 0 Å². The number of carbonyl (C=O) groups excluding carboxylic acids is 2. The first-order chi connectivity index (χ1) is 17.1. The first kappa shape index (κ1) is 23.6. The van der Waals surface area contributed by atoms with Crippen LogP contribution in [-0.4, -0.2) is 63.2 Å². The molecule has 5 rings (SSSR count). The molecule has 0 saturated carbocycles. The maximum absolute atomic E-state index is 13.4. The van der Waals surface area contributed by atoms with Gasteiger partial charge in [0.25, 0.3) is 5.91 Å². The van der Waals surface area contributed by atoms with Crippen molar-refractivity contribution in [2.45, 2.75) is 38.5 Å². The normalized spacial score (nSPS) is 17.5. The van der Waals surface area contributed by atoms with Crippen molar-refractivity contribution in [3.63, 3.8) is 0 Å². The van der Waals surface area contributed by atoms with Crippen LogP contribution in [0.1, 0.15) is 29.7 Å². The van der Waals surface area contributed by atoms with Gasteiger partial charge in [0.2, 0.25) is 0 Å². The van der Waals surface area contributed by atoms with Gasteiger partial charge < -0.3 is 15.2 Å². The summed E-state index contributed by atoms with van der Waals surface area (Å²) in [6, 6.07) is 3.70. The number of rotatable bonds is 4. The van der Waals surface area contributed by atoms with E-state index in [1.165, 1.54) is 11.0 Å². The Morgan fingerprint density at radius 1 is 1.22 bits per heavy atom. The van der Waals surface area contributed by atoms with Crippen molar-refractivity contribution in [3.8, 4) is 11.3 Å². The number of imidazole rings is 1. The third-order valence-corrected chi connectivity index (χ3v) is 6.25. The van der Waals surface area contributed by atoms with E-state index >= 15 is 0 Å². The summed E-state index contributed by atoms with van der Waals surface area (Å²) in [5, 5.41) is 4.70. The van der Waals surface area contributed by atoms with Crippen LogP contribution in [-0.2, 0) is 0 Å². The molecule has 1 saturated heterocycles. The number of carbonyl (C=O) groups is 2. The molecule has 0 aliphatic carbocycles. The number of alkyl halides is 3. The van der Waals surface area contributed by atoms with Crippen LogP contribution < -0.4 is 20.4 Å². The SMILES string of the molecule is Cc1ncc(-c2ccnc(NC(=O)N3c4nc(C(=O)N[C@H](C)C(F)(F)F)ccc4N4CC[C@H]3C4)c2)[nH]1. The largest absolute Gasteiger partial charge is 0.408 e. The number of halogens is 3. The summed E-state index contributed by atoms with van der Waals surface area (Å²) in [6.45, 7) is 3.96. The third-order valence-electron chi connectivity index (χ3n) is 6.25. The van der Waals surface area contributed by atoms with E-state index < -0.39 is 24.2 Å². The molecule has 1 fully saturated rings. The number of aromatic amines is 1. The summed E-state index contributed by atoms with van der Waals surface area (Å²) in [7, 11) is 0. The lowest BCUT2D eigenvalue weighted by atomic mass is 10.1. The van der Waals surface area contributed by atoms with Gasteiger partial charge in [0, 0.05) is 24.8 Å². The highest BCUT2D eigenvalue weighted by atomic mass is 19.4. The quantitative estimate of drug-likeness (QED) is 0.505. The van der Waals surface area contributed by atoms with E-state index in [-0.39, 0.29) is 17.6 Å². The lowest BCUT2D eigenvalue weighted by Crippen LogP contribution is -2.49. The zero-order valence-electron chi connectivity index (χ0n) is 19.4. The van der Waals surface area contributed by atoms with Gasteiger partial charge in [0.1, 0.15) is 23.4 Å². The van der Waals surface area contributed by atoms with E-state index in [9.17, 15) is 22.8 Å². The Kier molecular flexibility index (Phi) is 5.77. The Hall–Kier alpha value is -4.16. The van der Waals surface area contributed by atoms with Crippen molar-refractivity contribution >= 4 is 29.3 Å². The number of fused-ring (bicyclic) bond motifs is 4. The van der Waals surface area contributed by atoms with Crippen LogP contribution >= 0.6 is 0 Å². The molecule has 10 nitrogen and oxygen atoms in total. The summed E-state index contributed by atoms with van der Waals surface area (Å²) in [5.74, 6) is 0.298. The molecule has 2 aliphatic heterocycles. The standard InChI is InChI=1S/C23H23F3N8O2/c1-12(23(24,25)26)29-21(35)16-3-4-18-20(31-16)34(15-6-8-33(18)11-15)22(36)32-19-9-14(5-7-27-19)17-10-28-13(2)30-17/h3-5,7,9-10,12,15H,6,8,11H2,1-2H3,(H,28,30)(H,29,35)(H,27,32,36)/t12-,15+/m1/s1. The first-order valence-corrected chi connectivity index (χ1v) is 11.3. The zero-order chi connectivity index (χ0) is 25.6. The number of aryl methyl sites for hydroxylation is 1. The van der Waals surface area contributed by atoms with E-state index in [0.29, 0.717) is 31.0 Å². The van der Waals surface area contributed by atoms with Crippen LogP contribution in [0.25, 0.3) is 11.3 Å². The van der Waals surface area contributed by atoms with E-state index in [4.69, 9.17) is 0 Å². The summed E-state index contributed by atoms with van der Waals surface area (Å²) < 4.78 is 38.7. The average molecular weight is 500 g/mol. The monoisotopic (exact) mass is 500 g/mol. The number of amides is 3. The molecule has 3 N–H and O–H groups in total. The smallest absolute Gasteiger partial charge is 0.366 e. The fraction of sp³-hybridized carbons (Fsp3) is 0.348. The summed E-state index contributed by atoms with van der Waals surface area (Å²) in [5.41, 5.74) is 1.97. The van der Waals surface area contributed by atoms with Crippen molar-refractivity contribution in [2.75, 3.05) is 28.2 Å². The Morgan fingerprint density at radius 3 is 2.75 bits per heavy atom. The molecule has 0 unspecified atom stereocenters. The highest BCUT2D eigenvalue weighted by Gasteiger charge is 2.41. The molecule has 36 heavy (non-hydrogen) atoms. The Balaban J connectivity index is 1.41. The fourth-order valence-corrected chi connectivity index (χ4v) is 4.35. The van der Waals surface area contributed by atoms with Crippen LogP contribution in [0, 0.1) is 6.92 Å². The molecule has 188 valence electrons. The van der Waals surface area contributed by atoms with E-state index in [1.807, 2.05) is 17.1 Å². The third kappa shape index (κ3) is 4.43. The fourth-order valence-electron chi connectivity index (χ4n) is 4.35. The molecule has 3 amide bonds. The van der Waals surface area contributed by atoms with Crippen molar-refractivity contribution in [1.82, 2.24) is 25.3 Å². The van der Waals surface area contributed by atoms with Crippen LogP contribution in [0.5, 0.6) is 0 Å². The van der Waals surface area contributed by atoms with E-state index in [2.05, 4.69) is 25.3 Å². The molecule has 2 atom stereocenters. The van der Waals surface area contributed by atoms with Gasteiger partial charge in [0.15, 0.2) is 5.82 Å². The lowest BCUT2D eigenvalue weighted by molar-refractivity contribution is -0.149. The van der Waals surface area contributed by atoms with Gasteiger partial charge in [-0.25, -0.2) is 19.7 Å². The summed E-state index contributed by atoms with van der Waals surface area (Å²) in [6.07, 6.45) is -0.667. The number of hydrogen-bond acceptors (Lipinski definition) is 6. The predicted molar refractivity (Wildman–Crippen MR) is 126 cm³/mol. The second-order valence-corrected chi connectivity index (χ2v) is 8.78. The number of nitrogens with zero attached hydrogens (tertiary/aromatic N) is 5. The van der Waals surface area contributed by atoms with E-state index in [0.717, 1.165) is 24.0 Å². The molecule has 5 heterocycles. The van der Waals surface area contributed by atoms with Gasteiger partial charge in [-0.1, -0.05) is 0 Å². The number of nitrogens with one attached hydrogen (secondary N) is 3. The molecular formula is C23H23F3N8O2. The maximum Gasteiger partial charge on any atom is 0.408 e. The molecule has 2 bridgehead atoms. The molecule has 0 radical (unpaired) electrons. The lowest BCUT2D eigenvalue weighted by Gasteiger charge is -2.35. The van der Waals surface area contributed by atoms with Crippen LogP contribution in [0.4, 0.5) is 35.3 Å². The number of pyridine rings is 2. The molecule has 2 aliphatic rings. The summed E-state index contributed by atoms with van der Waals surface area (Å²) >= 11 is 0. The summed E-state index contributed by atoms with van der Waals surface area (Å²) in [4.78, 5) is 45.2. The number of H-pyrrole nitrogens is 1. The minimum Gasteiger partial charge on any atom is -0.366 e. The zero-order valence-corrected chi connectivity index (χ0v) is 19.4. The minimum absolute atomic E-state index is 0.208. The van der Waals surface area contributed by atoms with Gasteiger partial charge in [-0.3, -0.25) is 15.0 Å². The molecule has 3 aromatic rings. The predicted octanol–water partition coefficient (Wildman–Crippen LogP) is 3.49. The number of anilines is 3. The highest BCUT2D eigenvalue weighted by Crippen LogP contribution is 2.39. The average Bonchev–Trinajstić information content (AvgIpc) is 3.45. The van der Waals surface area contributed by atoms with Gasteiger partial charge in [-0.05, 0) is 44.5 Å². The van der Waals surface area contributed by atoms with Gasteiger partial charge in [0.05, 0.1) is 23.6 Å². The van der Waals surface area contributed by atoms with Gasteiger partial charge in [-0.2, -0.15) is 13.2 Å². The number of hydrogen-bond donors (Lipinski definition) is 3. The second-order valence-electron chi connectivity index (χ2n) is 8.78. The second kappa shape index (κ2) is 8.81. The van der Waals surface area contributed by atoms with Crippen molar-refractivity contribution in [2.24, 2.45) is 0 Å². The topological polar surface area (TPSA) is 119 Å². The minimum atomic E-state index is -4.59. The van der Waals surface area contributed by atoms with Crippen molar-refractivity contribution in [1.29, 1.82) is 0 Å². The van der Waals surface area contributed by atoms with Crippen molar-refractivity contribution in [3.05, 3.63) is 48.2 Å². The molecule has 0 aromatic carbocycles.